The van der Waals surface area contributed by atoms with Crippen molar-refractivity contribution in [1.82, 2.24) is 4.90 Å². The predicted octanol–water partition coefficient (Wildman–Crippen LogP) is 0.720. The number of aliphatic carboxylic acids is 1. The van der Waals surface area contributed by atoms with Gasteiger partial charge in [-0.1, -0.05) is 11.8 Å². The lowest BCUT2D eigenvalue weighted by molar-refractivity contribution is -0.146. The molecular formula is C12H17N3O5S. The van der Waals surface area contributed by atoms with Crippen molar-refractivity contribution in [2.24, 2.45) is 10.2 Å². The summed E-state index contributed by atoms with van der Waals surface area (Å²) in [5, 5.41) is 16.0. The molecule has 1 rings (SSSR count). The second-order valence-corrected chi connectivity index (χ2v) is 5.53. The number of amides is 1. The van der Waals surface area contributed by atoms with Crippen LogP contribution >= 0.6 is 11.8 Å². The number of rotatable bonds is 6. The van der Waals surface area contributed by atoms with Crippen LogP contribution in [-0.4, -0.2) is 57.1 Å². The molecule has 0 saturated carbocycles. The predicted molar refractivity (Wildman–Crippen MR) is 78.2 cm³/mol. The van der Waals surface area contributed by atoms with Gasteiger partial charge in [-0.05, 0) is 20.8 Å². The average molecular weight is 315 g/mol. The molecule has 1 aliphatic rings. The van der Waals surface area contributed by atoms with Gasteiger partial charge in [0.2, 0.25) is 5.91 Å². The van der Waals surface area contributed by atoms with Crippen LogP contribution in [0.1, 0.15) is 27.2 Å². The van der Waals surface area contributed by atoms with E-state index in [1.165, 1.54) is 0 Å². The highest BCUT2D eigenvalue weighted by molar-refractivity contribution is 8.15. The summed E-state index contributed by atoms with van der Waals surface area (Å²) in [6.07, 6.45) is -0.337. The number of amidine groups is 1. The third-order valence-electron chi connectivity index (χ3n) is 2.31. The molecule has 1 unspecified atom stereocenters. The van der Waals surface area contributed by atoms with Crippen LogP contribution in [0.3, 0.4) is 0 Å². The quantitative estimate of drug-likeness (QED) is 0.439. The maximum absolute atomic E-state index is 12.1. The number of carboxylic acid groups (broad SMARTS) is 1. The molecule has 0 spiro atoms. The van der Waals surface area contributed by atoms with Crippen LogP contribution in [-0.2, 0) is 19.1 Å². The van der Waals surface area contributed by atoms with Crippen molar-refractivity contribution in [3.05, 3.63) is 0 Å². The van der Waals surface area contributed by atoms with Crippen molar-refractivity contribution in [1.29, 1.82) is 0 Å². The lowest BCUT2D eigenvalue weighted by atomic mass is 10.3. The zero-order chi connectivity index (χ0) is 16.0. The van der Waals surface area contributed by atoms with Crippen molar-refractivity contribution < 1.29 is 24.2 Å². The summed E-state index contributed by atoms with van der Waals surface area (Å²) in [4.78, 5) is 35.5. The van der Waals surface area contributed by atoms with Gasteiger partial charge in [0.1, 0.15) is 11.8 Å². The van der Waals surface area contributed by atoms with E-state index >= 15 is 0 Å². The molecule has 1 aliphatic heterocycles. The summed E-state index contributed by atoms with van der Waals surface area (Å²) in [7, 11) is 0. The van der Waals surface area contributed by atoms with E-state index in [-0.39, 0.29) is 24.7 Å². The summed E-state index contributed by atoms with van der Waals surface area (Å²) in [6.45, 7) is 5.02. The Morgan fingerprint density at radius 2 is 2.10 bits per heavy atom. The Morgan fingerprint density at radius 1 is 1.43 bits per heavy atom. The number of carbonyl (C=O) groups excluding carboxylic acids is 2. The highest BCUT2D eigenvalue weighted by Crippen LogP contribution is 2.29. The van der Waals surface area contributed by atoms with Crippen LogP contribution in [0.25, 0.3) is 0 Å². The first-order valence-electron chi connectivity index (χ1n) is 6.29. The van der Waals surface area contributed by atoms with E-state index in [0.29, 0.717) is 5.71 Å². The van der Waals surface area contributed by atoms with E-state index in [9.17, 15) is 14.4 Å². The van der Waals surface area contributed by atoms with Gasteiger partial charge in [-0.2, -0.15) is 5.10 Å². The maximum atomic E-state index is 12.1. The molecule has 1 amide bonds. The fourth-order valence-corrected chi connectivity index (χ4v) is 2.58. The van der Waals surface area contributed by atoms with Crippen LogP contribution in [0, 0.1) is 0 Å². The van der Waals surface area contributed by atoms with Gasteiger partial charge in [0, 0.05) is 5.71 Å². The third kappa shape index (κ3) is 5.18. The van der Waals surface area contributed by atoms with E-state index in [0.717, 1.165) is 16.7 Å². The average Bonchev–Trinajstić information content (AvgIpc) is 2.64. The summed E-state index contributed by atoms with van der Waals surface area (Å²) >= 11 is 0.988. The summed E-state index contributed by atoms with van der Waals surface area (Å²) in [5.41, 5.74) is 0.674. The fraction of sp³-hybridized carbons (Fsp3) is 0.583. The number of hydrogen-bond donors (Lipinski definition) is 1. The Labute approximate surface area is 126 Å². The molecule has 1 N–H and O–H groups in total. The van der Waals surface area contributed by atoms with Gasteiger partial charge in [0.25, 0.3) is 0 Å². The zero-order valence-corrected chi connectivity index (χ0v) is 12.8. The van der Waals surface area contributed by atoms with Gasteiger partial charge in [-0.15, -0.1) is 5.10 Å². The van der Waals surface area contributed by atoms with Gasteiger partial charge in [-0.3, -0.25) is 19.3 Å². The second kappa shape index (κ2) is 7.77. The first-order chi connectivity index (χ1) is 9.85. The number of esters is 1. The van der Waals surface area contributed by atoms with Gasteiger partial charge in [0.05, 0.1) is 13.0 Å². The Morgan fingerprint density at radius 3 is 2.62 bits per heavy atom. The minimum atomic E-state index is -1.09. The van der Waals surface area contributed by atoms with Gasteiger partial charge in [-0.25, -0.2) is 0 Å². The van der Waals surface area contributed by atoms with E-state index in [1.54, 1.807) is 20.8 Å². The highest BCUT2D eigenvalue weighted by Gasteiger charge is 2.40. The van der Waals surface area contributed by atoms with Crippen molar-refractivity contribution in [3.63, 3.8) is 0 Å². The molecule has 21 heavy (non-hydrogen) atoms. The molecule has 0 aromatic carbocycles. The molecule has 0 aromatic heterocycles. The van der Waals surface area contributed by atoms with Crippen LogP contribution in [0.15, 0.2) is 10.2 Å². The number of nitrogens with zero attached hydrogens (tertiary/aromatic N) is 3. The lowest BCUT2D eigenvalue weighted by Gasteiger charge is -2.14. The molecule has 0 bridgehead atoms. The Balaban J connectivity index is 2.93. The van der Waals surface area contributed by atoms with Crippen molar-refractivity contribution >= 4 is 40.5 Å². The van der Waals surface area contributed by atoms with E-state index < -0.39 is 23.1 Å². The Hall–Kier alpha value is -1.90. The molecule has 1 saturated heterocycles. The highest BCUT2D eigenvalue weighted by atomic mass is 32.2. The molecule has 8 nitrogen and oxygen atoms in total. The van der Waals surface area contributed by atoms with Crippen LogP contribution < -0.4 is 0 Å². The molecule has 0 radical (unpaired) electrons. The van der Waals surface area contributed by atoms with Crippen LogP contribution in [0.2, 0.25) is 0 Å². The molecule has 0 aliphatic carbocycles. The maximum Gasteiger partial charge on any atom is 0.326 e. The smallest absolute Gasteiger partial charge is 0.326 e. The monoisotopic (exact) mass is 315 g/mol. The second-order valence-electron chi connectivity index (χ2n) is 4.36. The molecular weight excluding hydrogens is 298 g/mol. The SMILES string of the molecule is CCOC(=O)CN1C(=O)C(CC(=O)O)S/C1=N/N=C(C)C. The van der Waals surface area contributed by atoms with E-state index in [2.05, 4.69) is 10.2 Å². The number of ether oxygens (including phenoxy) is 1. The van der Waals surface area contributed by atoms with Gasteiger partial charge < -0.3 is 9.84 Å². The topological polar surface area (TPSA) is 109 Å². The molecule has 1 heterocycles. The van der Waals surface area contributed by atoms with Gasteiger partial charge >= 0.3 is 11.9 Å². The van der Waals surface area contributed by atoms with Crippen molar-refractivity contribution in [3.8, 4) is 0 Å². The van der Waals surface area contributed by atoms with E-state index in [4.69, 9.17) is 9.84 Å². The normalized spacial score (nSPS) is 19.8. The molecule has 0 aromatic rings. The molecule has 116 valence electrons. The third-order valence-corrected chi connectivity index (χ3v) is 3.47. The number of thioether (sulfide) groups is 1. The van der Waals surface area contributed by atoms with E-state index in [1.807, 2.05) is 0 Å². The minimum absolute atomic E-state index is 0.200. The Kier molecular flexibility index (Phi) is 6.35. The number of carboxylic acids is 1. The summed E-state index contributed by atoms with van der Waals surface area (Å²) < 4.78 is 4.79. The fourth-order valence-electron chi connectivity index (χ4n) is 1.50. The van der Waals surface area contributed by atoms with Crippen molar-refractivity contribution in [2.45, 2.75) is 32.4 Å². The van der Waals surface area contributed by atoms with Crippen LogP contribution in [0.4, 0.5) is 0 Å². The number of hydrogen-bond acceptors (Lipinski definition) is 7. The largest absolute Gasteiger partial charge is 0.481 e. The first-order valence-corrected chi connectivity index (χ1v) is 7.17. The molecule has 9 heteroatoms. The molecule has 1 atom stereocenters. The Bertz CT molecular complexity index is 499. The summed E-state index contributed by atoms with van der Waals surface area (Å²) in [5.74, 6) is -2.14. The van der Waals surface area contributed by atoms with Gasteiger partial charge in [0.15, 0.2) is 5.17 Å². The summed E-state index contributed by atoms with van der Waals surface area (Å²) in [6, 6.07) is 0. The molecule has 1 fully saturated rings. The zero-order valence-electron chi connectivity index (χ0n) is 12.0. The minimum Gasteiger partial charge on any atom is -0.481 e. The standard InChI is InChI=1S/C12H17N3O5S/c1-4-20-10(18)6-15-11(19)8(5-9(16)17)21-12(15)14-13-7(2)3/h8H,4-6H2,1-3H3,(H,16,17)/b14-12+. The lowest BCUT2D eigenvalue weighted by Crippen LogP contribution is -2.37. The van der Waals surface area contributed by atoms with Crippen molar-refractivity contribution in [2.75, 3.05) is 13.2 Å². The van der Waals surface area contributed by atoms with Crippen LogP contribution in [0.5, 0.6) is 0 Å². The number of carbonyl (C=O) groups is 3. The first kappa shape index (κ1) is 17.2.